The van der Waals surface area contributed by atoms with E-state index in [9.17, 15) is 5.11 Å². The average Bonchev–Trinajstić information content (AvgIpc) is 3.56. The number of hydrazone groups is 1. The van der Waals surface area contributed by atoms with Crippen LogP contribution in [0.4, 0.5) is 5.69 Å². The van der Waals surface area contributed by atoms with E-state index in [-0.39, 0.29) is 0 Å². The lowest BCUT2D eigenvalue weighted by molar-refractivity contribution is 0.0967. The fourth-order valence-electron chi connectivity index (χ4n) is 5.54. The molecule has 11 heteroatoms. The Labute approximate surface area is 267 Å². The van der Waals surface area contributed by atoms with Gasteiger partial charge in [-0.25, -0.2) is 15.5 Å². The van der Waals surface area contributed by atoms with Gasteiger partial charge in [0.05, 0.1) is 17.1 Å². The molecule has 1 unspecified atom stereocenters. The van der Waals surface area contributed by atoms with Gasteiger partial charge in [0.15, 0.2) is 5.60 Å². The molecule has 6 rings (SSSR count). The number of fused-ring (bicyclic) bond motifs is 3. The van der Waals surface area contributed by atoms with Crippen LogP contribution in [0.3, 0.4) is 0 Å². The molecule has 6 N–H and O–H groups in total. The maximum absolute atomic E-state index is 12.7. The van der Waals surface area contributed by atoms with Crippen molar-refractivity contribution < 1.29 is 5.11 Å². The van der Waals surface area contributed by atoms with Crippen LogP contribution in [0, 0.1) is 0 Å². The van der Waals surface area contributed by atoms with E-state index < -0.39 is 5.60 Å². The van der Waals surface area contributed by atoms with Gasteiger partial charge in [-0.2, -0.15) is 0 Å². The number of nitrogens with zero attached hydrogens (tertiary/aromatic N) is 5. The number of hydrogen-bond donors (Lipinski definition) is 5. The maximum atomic E-state index is 12.7. The minimum absolute atomic E-state index is 0.443. The van der Waals surface area contributed by atoms with Crippen LogP contribution in [0.2, 0.25) is 5.02 Å². The number of rotatable bonds is 11. The third-order valence-electron chi connectivity index (χ3n) is 7.91. The van der Waals surface area contributed by atoms with Crippen molar-refractivity contribution in [1.29, 1.82) is 0 Å². The van der Waals surface area contributed by atoms with Gasteiger partial charge in [-0.15, -0.1) is 10.6 Å². The lowest BCUT2D eigenvalue weighted by atomic mass is 9.81. The van der Waals surface area contributed by atoms with Crippen LogP contribution < -0.4 is 27.1 Å². The number of guanidine groups is 1. The summed E-state index contributed by atoms with van der Waals surface area (Å²) in [5.74, 6) is 0.457. The molecule has 3 aromatic carbocycles. The average molecular weight is 620 g/mol. The molecule has 10 nitrogen and oxygen atoms in total. The molecule has 0 amide bonds. The summed E-state index contributed by atoms with van der Waals surface area (Å²) in [6, 6.07) is 27.0. The van der Waals surface area contributed by atoms with Crippen molar-refractivity contribution in [2.45, 2.75) is 18.6 Å². The number of halogens is 1. The molecule has 0 aliphatic carbocycles. The Kier molecular flexibility index (Phi) is 8.63. The van der Waals surface area contributed by atoms with E-state index in [0.29, 0.717) is 40.1 Å². The number of nitrogens with one attached hydrogen (secondary N) is 3. The third kappa shape index (κ3) is 5.92. The number of anilines is 1. The Morgan fingerprint density at radius 3 is 2.64 bits per heavy atom. The third-order valence-corrected chi connectivity index (χ3v) is 8.14. The van der Waals surface area contributed by atoms with E-state index in [4.69, 9.17) is 22.3 Å². The molecule has 0 radical (unpaired) electrons. The number of hydrogen-bond acceptors (Lipinski definition) is 10. The first kappa shape index (κ1) is 30.0. The predicted molar refractivity (Wildman–Crippen MR) is 179 cm³/mol. The van der Waals surface area contributed by atoms with Gasteiger partial charge in [-0.3, -0.25) is 4.98 Å². The molecular weight excluding hydrogens is 586 g/mol. The summed E-state index contributed by atoms with van der Waals surface area (Å²) in [4.78, 5) is 10.9. The first-order valence-corrected chi connectivity index (χ1v) is 14.9. The van der Waals surface area contributed by atoms with Crippen molar-refractivity contribution in [2.24, 2.45) is 15.8 Å². The molecule has 4 aromatic rings. The highest BCUT2D eigenvalue weighted by atomic mass is 35.5. The second-order valence-electron chi connectivity index (χ2n) is 10.7. The molecule has 0 bridgehead atoms. The van der Waals surface area contributed by atoms with Gasteiger partial charge in [-0.05, 0) is 59.3 Å². The summed E-state index contributed by atoms with van der Waals surface area (Å²) in [5, 5.41) is 22.8. The smallest absolute Gasteiger partial charge is 0.265 e. The van der Waals surface area contributed by atoms with Gasteiger partial charge in [0.2, 0.25) is 0 Å². The van der Waals surface area contributed by atoms with Crippen LogP contribution in [0.5, 0.6) is 0 Å². The zero-order valence-electron chi connectivity index (χ0n) is 24.8. The SMILES string of the molecule is C=CN(C)/C(=C\N)C(O)(c1ccc(CNCCc2ccccn2)cc1)c1ccc2c(c1)C(c1cccc(Cl)c1)=NC1=NNNN12. The minimum atomic E-state index is -1.64. The minimum Gasteiger partial charge on any atom is -0.403 e. The van der Waals surface area contributed by atoms with E-state index in [1.54, 1.807) is 23.2 Å². The summed E-state index contributed by atoms with van der Waals surface area (Å²) in [5.41, 5.74) is 17.2. The first-order valence-electron chi connectivity index (χ1n) is 14.5. The number of aliphatic imine (C=N–C) groups is 1. The molecular formula is C34H34ClN9O. The van der Waals surface area contributed by atoms with Crippen LogP contribution in [0.25, 0.3) is 0 Å². The molecule has 0 spiro atoms. The molecule has 0 fully saturated rings. The molecule has 1 atom stereocenters. The van der Waals surface area contributed by atoms with E-state index in [1.807, 2.05) is 91.1 Å². The quantitative estimate of drug-likeness (QED) is 0.159. The molecule has 2 aliphatic rings. The zero-order chi connectivity index (χ0) is 31.4. The second kappa shape index (κ2) is 12.9. The van der Waals surface area contributed by atoms with E-state index in [0.717, 1.165) is 41.0 Å². The van der Waals surface area contributed by atoms with Gasteiger partial charge < -0.3 is 21.1 Å². The van der Waals surface area contributed by atoms with Gasteiger partial charge in [0.1, 0.15) is 0 Å². The van der Waals surface area contributed by atoms with E-state index in [1.165, 1.54) is 6.20 Å². The normalized spacial score (nSPS) is 15.3. The number of aliphatic hydroxyl groups is 1. The Morgan fingerprint density at radius 2 is 1.91 bits per heavy atom. The van der Waals surface area contributed by atoms with Crippen molar-refractivity contribution >= 4 is 29.0 Å². The number of nitrogens with two attached hydrogens (primary N) is 1. The molecule has 0 saturated carbocycles. The maximum Gasteiger partial charge on any atom is 0.265 e. The van der Waals surface area contributed by atoms with Crippen molar-refractivity contribution in [3.05, 3.63) is 154 Å². The van der Waals surface area contributed by atoms with Crippen molar-refractivity contribution in [3.8, 4) is 0 Å². The molecule has 2 aliphatic heterocycles. The number of likely N-dealkylation sites (N-methyl/N-ethyl adjacent to an activating group) is 1. The number of aromatic nitrogens is 1. The number of pyridine rings is 1. The lowest BCUT2D eigenvalue weighted by Gasteiger charge is -2.37. The first-order chi connectivity index (χ1) is 21.9. The highest BCUT2D eigenvalue weighted by Gasteiger charge is 2.40. The Hall–Kier alpha value is -5.00. The van der Waals surface area contributed by atoms with Crippen LogP contribution in [-0.2, 0) is 18.6 Å². The Balaban J connectivity index is 1.36. The topological polar surface area (TPSA) is 126 Å². The lowest BCUT2D eigenvalue weighted by Crippen LogP contribution is -2.44. The summed E-state index contributed by atoms with van der Waals surface area (Å²) in [7, 11) is 1.80. The second-order valence-corrected chi connectivity index (χ2v) is 11.1. The summed E-state index contributed by atoms with van der Waals surface area (Å²) >= 11 is 6.37. The fraction of sp³-hybridized carbons (Fsp3) is 0.147. The summed E-state index contributed by atoms with van der Waals surface area (Å²) in [6.07, 6.45) is 5.68. The van der Waals surface area contributed by atoms with Crippen LogP contribution in [0.1, 0.15) is 33.5 Å². The molecule has 3 heterocycles. The largest absolute Gasteiger partial charge is 0.403 e. The van der Waals surface area contributed by atoms with Crippen LogP contribution in [-0.4, -0.2) is 40.3 Å². The Bertz CT molecular complexity index is 1790. The fourth-order valence-corrected chi connectivity index (χ4v) is 5.73. The van der Waals surface area contributed by atoms with Gasteiger partial charge >= 0.3 is 0 Å². The van der Waals surface area contributed by atoms with Crippen molar-refractivity contribution in [3.63, 3.8) is 0 Å². The van der Waals surface area contributed by atoms with Gasteiger partial charge in [0.25, 0.3) is 5.96 Å². The Morgan fingerprint density at radius 1 is 1.09 bits per heavy atom. The molecule has 1 aromatic heterocycles. The summed E-state index contributed by atoms with van der Waals surface area (Å²) < 4.78 is 0. The monoisotopic (exact) mass is 619 g/mol. The van der Waals surface area contributed by atoms with Crippen molar-refractivity contribution in [2.75, 3.05) is 18.6 Å². The zero-order valence-corrected chi connectivity index (χ0v) is 25.5. The predicted octanol–water partition coefficient (Wildman–Crippen LogP) is 4.13. The summed E-state index contributed by atoms with van der Waals surface area (Å²) in [6.45, 7) is 5.39. The number of hydrazine groups is 2. The molecule has 228 valence electrons. The van der Waals surface area contributed by atoms with E-state index >= 15 is 0 Å². The number of benzene rings is 3. The van der Waals surface area contributed by atoms with E-state index in [2.05, 4.69) is 33.1 Å². The highest BCUT2D eigenvalue weighted by molar-refractivity contribution is 6.32. The highest BCUT2D eigenvalue weighted by Crippen LogP contribution is 2.41. The van der Waals surface area contributed by atoms with Crippen molar-refractivity contribution in [1.82, 2.24) is 26.3 Å². The molecule has 0 saturated heterocycles. The van der Waals surface area contributed by atoms with Gasteiger partial charge in [0, 0.05) is 60.8 Å². The van der Waals surface area contributed by atoms with Crippen LogP contribution in [0.15, 0.2) is 126 Å². The standard InChI is InChI=1S/C34H34ClN9O/c1-3-43(2)31(21-36)34(45,25-12-10-23(11-13-25)22-37-18-16-28-9-4-5-17-38-28)26-14-15-30-29(20-26)32(24-7-6-8-27(35)19-24)39-33-40-41-42-44(30)33/h3-15,17,19-21,37,41-42,45H,1,16,18,22,36H2,2H3/b31-21-. The van der Waals surface area contributed by atoms with Gasteiger partial charge in [-0.1, -0.05) is 66.7 Å². The molecule has 45 heavy (non-hydrogen) atoms. The van der Waals surface area contributed by atoms with Crippen LogP contribution >= 0.6 is 11.6 Å².